The highest BCUT2D eigenvalue weighted by Crippen LogP contribution is 2.35. The van der Waals surface area contributed by atoms with Crippen LogP contribution in [0, 0.1) is 5.92 Å². The molecule has 1 aromatic heterocycles. The van der Waals surface area contributed by atoms with Crippen molar-refractivity contribution < 1.29 is 9.53 Å². The summed E-state index contributed by atoms with van der Waals surface area (Å²) in [4.78, 5) is 11.9. The minimum absolute atomic E-state index is 0.0527. The van der Waals surface area contributed by atoms with Crippen LogP contribution in [0.4, 0.5) is 10.8 Å². The van der Waals surface area contributed by atoms with Crippen LogP contribution in [0.1, 0.15) is 27.7 Å². The van der Waals surface area contributed by atoms with Crippen LogP contribution in [0.3, 0.4) is 0 Å². The van der Waals surface area contributed by atoms with Gasteiger partial charge in [-0.1, -0.05) is 13.8 Å². The van der Waals surface area contributed by atoms with Crippen molar-refractivity contribution in [2.45, 2.75) is 33.7 Å². The molecule has 0 aliphatic carbocycles. The van der Waals surface area contributed by atoms with Gasteiger partial charge in [0.05, 0.1) is 6.61 Å². The van der Waals surface area contributed by atoms with Gasteiger partial charge in [0.25, 0.3) is 0 Å². The van der Waals surface area contributed by atoms with Crippen molar-refractivity contribution >= 4 is 28.3 Å². The summed E-state index contributed by atoms with van der Waals surface area (Å²) in [5, 5.41) is 6.64. The van der Waals surface area contributed by atoms with E-state index in [1.54, 1.807) is 6.92 Å². The van der Waals surface area contributed by atoms with Crippen LogP contribution >= 0.6 is 11.5 Å². The summed E-state index contributed by atoms with van der Waals surface area (Å²) in [5.41, 5.74) is 5.71. The second-order valence-electron chi connectivity index (χ2n) is 4.66. The zero-order chi connectivity index (χ0) is 14.4. The first-order valence-corrected chi connectivity index (χ1v) is 7.15. The molecular formula is C12H22N4O2S. The van der Waals surface area contributed by atoms with Crippen molar-refractivity contribution in [1.82, 2.24) is 9.69 Å². The molecule has 19 heavy (non-hydrogen) atoms. The molecule has 1 heterocycles. The number of nitrogens with zero attached hydrogens (tertiary/aromatic N) is 1. The Morgan fingerprint density at radius 1 is 1.47 bits per heavy atom. The number of ether oxygens (including phenoxy) is 1. The minimum Gasteiger partial charge on any atom is -0.487 e. The first-order valence-electron chi connectivity index (χ1n) is 6.37. The molecule has 1 unspecified atom stereocenters. The minimum atomic E-state index is -0.363. The van der Waals surface area contributed by atoms with Gasteiger partial charge in [-0.3, -0.25) is 4.79 Å². The molecule has 0 spiro atoms. The zero-order valence-corrected chi connectivity index (χ0v) is 12.6. The lowest BCUT2D eigenvalue weighted by atomic mass is 10.2. The number of amides is 1. The number of carbonyl (C=O) groups excluding carboxylic acids is 1. The second kappa shape index (κ2) is 7.18. The number of nitrogens with two attached hydrogens (primary N) is 1. The first kappa shape index (κ1) is 15.6. The van der Waals surface area contributed by atoms with Gasteiger partial charge in [-0.05, 0) is 31.3 Å². The maximum absolute atomic E-state index is 11.9. The van der Waals surface area contributed by atoms with Crippen LogP contribution in [0.5, 0.6) is 5.75 Å². The van der Waals surface area contributed by atoms with E-state index in [1.807, 2.05) is 6.92 Å². The second-order valence-corrected chi connectivity index (χ2v) is 5.44. The molecule has 1 amide bonds. The summed E-state index contributed by atoms with van der Waals surface area (Å²) < 4.78 is 9.44. The van der Waals surface area contributed by atoms with E-state index >= 15 is 0 Å². The third kappa shape index (κ3) is 4.59. The summed E-state index contributed by atoms with van der Waals surface area (Å²) in [5.74, 6) is 1.25. The number of carbonyl (C=O) groups is 1. The Morgan fingerprint density at radius 3 is 2.74 bits per heavy atom. The van der Waals surface area contributed by atoms with E-state index < -0.39 is 0 Å². The van der Waals surface area contributed by atoms with Gasteiger partial charge in [-0.2, -0.15) is 4.37 Å². The lowest BCUT2D eigenvalue weighted by molar-refractivity contribution is -0.121. The lowest BCUT2D eigenvalue weighted by Crippen LogP contribution is -2.39. The Hall–Kier alpha value is -1.50. The molecular weight excluding hydrogens is 264 g/mol. The van der Waals surface area contributed by atoms with E-state index in [-0.39, 0.29) is 11.9 Å². The average Bonchev–Trinajstić information content (AvgIpc) is 2.69. The number of hydrogen-bond acceptors (Lipinski definition) is 6. The van der Waals surface area contributed by atoms with Gasteiger partial charge in [0.2, 0.25) is 5.91 Å². The van der Waals surface area contributed by atoms with Crippen LogP contribution in [-0.4, -0.2) is 29.5 Å². The molecule has 0 aliphatic heterocycles. The molecule has 0 aliphatic rings. The van der Waals surface area contributed by atoms with Gasteiger partial charge in [0, 0.05) is 6.54 Å². The molecule has 0 bridgehead atoms. The Kier molecular flexibility index (Phi) is 5.88. The van der Waals surface area contributed by atoms with Gasteiger partial charge in [-0.15, -0.1) is 0 Å². The maximum Gasteiger partial charge on any atom is 0.242 e. The van der Waals surface area contributed by atoms with Crippen LogP contribution < -0.4 is 21.1 Å². The van der Waals surface area contributed by atoms with E-state index in [2.05, 4.69) is 28.9 Å². The fraction of sp³-hybridized carbons (Fsp3) is 0.667. The largest absolute Gasteiger partial charge is 0.487 e. The SMILES string of the molecule is CCOc1c(N)nsc1NC(C)C(=O)NCC(C)C. The molecule has 1 atom stereocenters. The van der Waals surface area contributed by atoms with Crippen molar-refractivity contribution in [1.29, 1.82) is 0 Å². The quantitative estimate of drug-likeness (QED) is 0.710. The van der Waals surface area contributed by atoms with Gasteiger partial charge >= 0.3 is 0 Å². The first-order chi connectivity index (χ1) is 8.95. The molecule has 0 saturated heterocycles. The molecule has 0 fully saturated rings. The lowest BCUT2D eigenvalue weighted by Gasteiger charge is -2.15. The van der Waals surface area contributed by atoms with Crippen molar-refractivity contribution in [3.05, 3.63) is 0 Å². The topological polar surface area (TPSA) is 89.3 Å². The smallest absolute Gasteiger partial charge is 0.242 e. The van der Waals surface area contributed by atoms with E-state index in [0.29, 0.717) is 35.6 Å². The number of aromatic nitrogens is 1. The molecule has 7 heteroatoms. The molecule has 4 N–H and O–H groups in total. The predicted octanol–water partition coefficient (Wildman–Crippen LogP) is 1.70. The zero-order valence-electron chi connectivity index (χ0n) is 11.8. The standard InChI is InChI=1S/C12H22N4O2S/c1-5-18-9-10(13)16-19-12(9)15-8(4)11(17)14-6-7(2)3/h7-8,15H,5-6H2,1-4H3,(H2,13,16)(H,14,17). The van der Waals surface area contributed by atoms with Gasteiger partial charge in [0.15, 0.2) is 16.6 Å². The third-order valence-corrected chi connectivity index (χ3v) is 3.16. The van der Waals surface area contributed by atoms with E-state index in [9.17, 15) is 4.79 Å². The molecule has 1 aromatic rings. The highest BCUT2D eigenvalue weighted by atomic mass is 32.1. The van der Waals surface area contributed by atoms with E-state index in [4.69, 9.17) is 10.5 Å². The molecule has 0 saturated carbocycles. The van der Waals surface area contributed by atoms with Gasteiger partial charge < -0.3 is 21.1 Å². The number of anilines is 2. The monoisotopic (exact) mass is 286 g/mol. The van der Waals surface area contributed by atoms with Crippen LogP contribution in [0.15, 0.2) is 0 Å². The van der Waals surface area contributed by atoms with Crippen LogP contribution in [0.2, 0.25) is 0 Å². The normalized spacial score (nSPS) is 12.3. The van der Waals surface area contributed by atoms with E-state index in [1.165, 1.54) is 11.5 Å². The number of hydrogen-bond donors (Lipinski definition) is 3. The molecule has 1 rings (SSSR count). The Morgan fingerprint density at radius 2 is 2.16 bits per heavy atom. The highest BCUT2D eigenvalue weighted by Gasteiger charge is 2.18. The van der Waals surface area contributed by atoms with Crippen molar-refractivity contribution in [3.8, 4) is 5.75 Å². The molecule has 6 nitrogen and oxygen atoms in total. The van der Waals surface area contributed by atoms with Gasteiger partial charge in [-0.25, -0.2) is 0 Å². The molecule has 0 aromatic carbocycles. The van der Waals surface area contributed by atoms with Gasteiger partial charge in [0.1, 0.15) is 6.04 Å². The van der Waals surface area contributed by atoms with E-state index in [0.717, 1.165) is 0 Å². The average molecular weight is 286 g/mol. The van der Waals surface area contributed by atoms with Crippen molar-refractivity contribution in [3.63, 3.8) is 0 Å². The van der Waals surface area contributed by atoms with Crippen molar-refractivity contribution in [2.75, 3.05) is 24.2 Å². The van der Waals surface area contributed by atoms with Crippen molar-refractivity contribution in [2.24, 2.45) is 5.92 Å². The molecule has 108 valence electrons. The van der Waals surface area contributed by atoms with Crippen LogP contribution in [0.25, 0.3) is 0 Å². The molecule has 0 radical (unpaired) electrons. The van der Waals surface area contributed by atoms with Crippen LogP contribution in [-0.2, 0) is 4.79 Å². The predicted molar refractivity (Wildman–Crippen MR) is 78.6 cm³/mol. The number of rotatable bonds is 7. The summed E-state index contributed by atoms with van der Waals surface area (Å²) >= 11 is 1.20. The summed E-state index contributed by atoms with van der Waals surface area (Å²) in [6.07, 6.45) is 0. The Labute approximate surface area is 117 Å². The number of nitrogen functional groups attached to an aromatic ring is 1. The third-order valence-electron chi connectivity index (χ3n) is 2.39. The summed E-state index contributed by atoms with van der Waals surface area (Å²) in [6.45, 7) is 8.94. The Balaban J connectivity index is 2.61. The maximum atomic E-state index is 11.9. The highest BCUT2D eigenvalue weighted by molar-refractivity contribution is 7.11. The Bertz CT molecular complexity index is 420. The fourth-order valence-corrected chi connectivity index (χ4v) is 2.14. The summed E-state index contributed by atoms with van der Waals surface area (Å²) in [7, 11) is 0. The summed E-state index contributed by atoms with van der Waals surface area (Å²) in [6, 6.07) is -0.363. The number of nitrogens with one attached hydrogen (secondary N) is 2. The fourth-order valence-electron chi connectivity index (χ4n) is 1.39.